The van der Waals surface area contributed by atoms with Gasteiger partial charge in [-0.3, -0.25) is 0 Å². The highest BCUT2D eigenvalue weighted by Crippen LogP contribution is 2.32. The first-order valence-electron chi connectivity index (χ1n) is 6.76. The molecule has 3 aromatic rings. The topological polar surface area (TPSA) is 26.0 Å². The summed E-state index contributed by atoms with van der Waals surface area (Å²) in [4.78, 5) is 0. The fraction of sp³-hybridized carbons (Fsp3) is 0.111. The summed E-state index contributed by atoms with van der Waals surface area (Å²) in [5.41, 5.74) is 9.77. The fourth-order valence-corrected chi connectivity index (χ4v) is 3.00. The minimum Gasteiger partial charge on any atom is -0.320 e. The van der Waals surface area contributed by atoms with Crippen molar-refractivity contribution in [3.05, 3.63) is 81.3 Å². The summed E-state index contributed by atoms with van der Waals surface area (Å²) in [5.74, 6) is 0. The molecule has 0 aromatic heterocycles. The molecule has 3 rings (SSSR count). The van der Waals surface area contributed by atoms with Gasteiger partial charge in [0, 0.05) is 0 Å². The van der Waals surface area contributed by atoms with Crippen molar-refractivity contribution in [2.75, 3.05) is 0 Å². The van der Waals surface area contributed by atoms with Crippen molar-refractivity contribution in [2.45, 2.75) is 13.0 Å². The Kier molecular flexibility index (Phi) is 3.90. The van der Waals surface area contributed by atoms with E-state index >= 15 is 0 Å². The Morgan fingerprint density at radius 2 is 1.67 bits per heavy atom. The van der Waals surface area contributed by atoms with Crippen LogP contribution in [0, 0.1) is 6.92 Å². The van der Waals surface area contributed by atoms with E-state index in [0.717, 1.165) is 11.1 Å². The summed E-state index contributed by atoms with van der Waals surface area (Å²) in [7, 11) is 0. The normalized spacial score (nSPS) is 12.6. The maximum Gasteiger partial charge on any atom is 0.0595 e. The number of benzene rings is 3. The van der Waals surface area contributed by atoms with Gasteiger partial charge in [-0.15, -0.1) is 0 Å². The zero-order valence-corrected chi connectivity index (χ0v) is 13.1. The lowest BCUT2D eigenvalue weighted by Gasteiger charge is -2.18. The van der Waals surface area contributed by atoms with Gasteiger partial charge in [0.05, 0.1) is 16.1 Å². The van der Waals surface area contributed by atoms with Gasteiger partial charge in [0.2, 0.25) is 0 Å². The SMILES string of the molecule is Cc1ccc2ccccc2c1C(N)c1ccc(Cl)c(Cl)c1. The monoisotopic (exact) mass is 315 g/mol. The Morgan fingerprint density at radius 1 is 0.905 bits per heavy atom. The highest BCUT2D eigenvalue weighted by Gasteiger charge is 2.15. The van der Waals surface area contributed by atoms with Crippen molar-refractivity contribution in [3.63, 3.8) is 0 Å². The molecule has 0 fully saturated rings. The maximum atomic E-state index is 6.50. The largest absolute Gasteiger partial charge is 0.320 e. The second-order valence-electron chi connectivity index (χ2n) is 5.17. The van der Waals surface area contributed by atoms with Gasteiger partial charge in [-0.25, -0.2) is 0 Å². The minimum atomic E-state index is -0.231. The Hall–Kier alpha value is -1.54. The maximum absolute atomic E-state index is 6.50. The van der Waals surface area contributed by atoms with Gasteiger partial charge in [-0.2, -0.15) is 0 Å². The highest BCUT2D eigenvalue weighted by molar-refractivity contribution is 6.42. The van der Waals surface area contributed by atoms with E-state index < -0.39 is 0 Å². The van der Waals surface area contributed by atoms with Crippen LogP contribution in [0.1, 0.15) is 22.7 Å². The standard InChI is InChI=1S/C18H15Cl2N/c1-11-6-7-12-4-2-3-5-14(12)17(11)18(21)13-8-9-15(19)16(20)10-13/h2-10,18H,21H2,1H3. The number of halogens is 2. The molecule has 2 N–H and O–H groups in total. The van der Waals surface area contributed by atoms with Crippen LogP contribution in [-0.2, 0) is 0 Å². The molecular formula is C18H15Cl2N. The molecule has 0 bridgehead atoms. The minimum absolute atomic E-state index is 0.231. The molecule has 0 saturated heterocycles. The Morgan fingerprint density at radius 3 is 2.43 bits per heavy atom. The van der Waals surface area contributed by atoms with E-state index in [1.54, 1.807) is 6.07 Å². The van der Waals surface area contributed by atoms with Crippen LogP contribution < -0.4 is 5.73 Å². The first-order valence-corrected chi connectivity index (χ1v) is 7.52. The van der Waals surface area contributed by atoms with E-state index in [1.807, 2.05) is 24.3 Å². The average Bonchev–Trinajstić information content (AvgIpc) is 2.49. The molecule has 1 atom stereocenters. The van der Waals surface area contributed by atoms with E-state index in [-0.39, 0.29) is 6.04 Å². The summed E-state index contributed by atoms with van der Waals surface area (Å²) in [5, 5.41) is 3.44. The third-order valence-corrected chi connectivity index (χ3v) is 4.54. The molecule has 1 nitrogen and oxygen atoms in total. The number of aryl methyl sites for hydroxylation is 1. The van der Waals surface area contributed by atoms with Gasteiger partial charge in [0.1, 0.15) is 0 Å². The molecule has 0 radical (unpaired) electrons. The predicted octanol–water partition coefficient (Wildman–Crippen LogP) is 5.50. The van der Waals surface area contributed by atoms with E-state index in [0.29, 0.717) is 10.0 Å². The van der Waals surface area contributed by atoms with Crippen LogP contribution in [0.15, 0.2) is 54.6 Å². The molecule has 0 amide bonds. The third-order valence-electron chi connectivity index (χ3n) is 3.80. The second-order valence-corrected chi connectivity index (χ2v) is 5.98. The Balaban J connectivity index is 2.19. The lowest BCUT2D eigenvalue weighted by atomic mass is 9.91. The summed E-state index contributed by atoms with van der Waals surface area (Å²) in [6.45, 7) is 2.08. The van der Waals surface area contributed by atoms with Gasteiger partial charge in [0.15, 0.2) is 0 Å². The fourth-order valence-electron chi connectivity index (χ4n) is 2.69. The van der Waals surface area contributed by atoms with Crippen LogP contribution >= 0.6 is 23.2 Å². The number of nitrogens with two attached hydrogens (primary N) is 1. The Labute approximate surface area is 134 Å². The van der Waals surface area contributed by atoms with Crippen LogP contribution in [0.2, 0.25) is 10.0 Å². The average molecular weight is 316 g/mol. The molecular weight excluding hydrogens is 301 g/mol. The van der Waals surface area contributed by atoms with Gasteiger partial charge >= 0.3 is 0 Å². The molecule has 0 heterocycles. The molecule has 3 aromatic carbocycles. The molecule has 0 spiro atoms. The third kappa shape index (κ3) is 2.65. The number of hydrogen-bond acceptors (Lipinski definition) is 1. The highest BCUT2D eigenvalue weighted by atomic mass is 35.5. The zero-order valence-electron chi connectivity index (χ0n) is 11.6. The van der Waals surface area contributed by atoms with Gasteiger partial charge in [-0.1, -0.05) is 65.7 Å². The van der Waals surface area contributed by atoms with Crippen molar-refractivity contribution < 1.29 is 0 Å². The molecule has 3 heteroatoms. The van der Waals surface area contributed by atoms with Crippen molar-refractivity contribution in [2.24, 2.45) is 5.73 Å². The molecule has 1 unspecified atom stereocenters. The van der Waals surface area contributed by atoms with Crippen molar-refractivity contribution >= 4 is 34.0 Å². The predicted molar refractivity (Wildman–Crippen MR) is 91.2 cm³/mol. The lowest BCUT2D eigenvalue weighted by Crippen LogP contribution is -2.14. The summed E-state index contributed by atoms with van der Waals surface area (Å²) < 4.78 is 0. The number of fused-ring (bicyclic) bond motifs is 1. The zero-order chi connectivity index (χ0) is 15.0. The molecule has 0 saturated carbocycles. The van der Waals surface area contributed by atoms with Crippen molar-refractivity contribution in [1.82, 2.24) is 0 Å². The quantitative estimate of drug-likeness (QED) is 0.663. The summed E-state index contributed by atoms with van der Waals surface area (Å²) in [6.07, 6.45) is 0. The first kappa shape index (κ1) is 14.4. The summed E-state index contributed by atoms with van der Waals surface area (Å²) >= 11 is 12.1. The second kappa shape index (κ2) is 5.69. The molecule has 0 aliphatic heterocycles. The van der Waals surface area contributed by atoms with Gasteiger partial charge in [-0.05, 0) is 46.5 Å². The number of hydrogen-bond donors (Lipinski definition) is 1. The van der Waals surface area contributed by atoms with Crippen LogP contribution in [0.3, 0.4) is 0 Å². The van der Waals surface area contributed by atoms with Gasteiger partial charge < -0.3 is 5.73 Å². The molecule has 21 heavy (non-hydrogen) atoms. The number of rotatable bonds is 2. The van der Waals surface area contributed by atoms with Gasteiger partial charge in [0.25, 0.3) is 0 Å². The molecule has 106 valence electrons. The molecule has 0 aliphatic rings. The van der Waals surface area contributed by atoms with Crippen molar-refractivity contribution in [1.29, 1.82) is 0 Å². The van der Waals surface area contributed by atoms with E-state index in [9.17, 15) is 0 Å². The lowest BCUT2D eigenvalue weighted by molar-refractivity contribution is 0.871. The smallest absolute Gasteiger partial charge is 0.0595 e. The van der Waals surface area contributed by atoms with E-state index in [2.05, 4.69) is 31.2 Å². The van der Waals surface area contributed by atoms with Crippen LogP contribution in [0.25, 0.3) is 10.8 Å². The van der Waals surface area contributed by atoms with Crippen molar-refractivity contribution in [3.8, 4) is 0 Å². The molecule has 0 aliphatic carbocycles. The Bertz CT molecular complexity index is 811. The van der Waals surface area contributed by atoms with Crippen LogP contribution in [0.5, 0.6) is 0 Å². The van der Waals surface area contributed by atoms with E-state index in [4.69, 9.17) is 28.9 Å². The summed E-state index contributed by atoms with van der Waals surface area (Å²) in [6, 6.07) is 17.8. The van der Waals surface area contributed by atoms with E-state index in [1.165, 1.54) is 16.3 Å². The first-order chi connectivity index (χ1) is 10.1. The van der Waals surface area contributed by atoms with Crippen LogP contribution in [-0.4, -0.2) is 0 Å². The van der Waals surface area contributed by atoms with Crippen LogP contribution in [0.4, 0.5) is 0 Å².